The fourth-order valence-electron chi connectivity index (χ4n) is 2.52. The van der Waals surface area contributed by atoms with Gasteiger partial charge in [0.25, 0.3) is 0 Å². The van der Waals surface area contributed by atoms with Crippen molar-refractivity contribution in [1.29, 1.82) is 0 Å². The first kappa shape index (κ1) is 23.6. The van der Waals surface area contributed by atoms with E-state index in [1.807, 2.05) is 0 Å². The van der Waals surface area contributed by atoms with Crippen molar-refractivity contribution in [2.75, 3.05) is 5.32 Å². The van der Waals surface area contributed by atoms with Crippen LogP contribution in [0.5, 0.6) is 5.75 Å². The first-order valence-corrected chi connectivity index (χ1v) is 10.3. The number of amides is 1. The van der Waals surface area contributed by atoms with E-state index in [9.17, 15) is 30.8 Å². The number of nitrogens with one attached hydrogen (secondary N) is 2. The highest BCUT2D eigenvalue weighted by Crippen LogP contribution is 2.24. The summed E-state index contributed by atoms with van der Waals surface area (Å²) in [6.07, 6.45) is -4.69. The number of sulfonamides is 1. The van der Waals surface area contributed by atoms with E-state index >= 15 is 0 Å². The summed E-state index contributed by atoms with van der Waals surface area (Å²) in [6, 6.07) is 7.37. The van der Waals surface area contributed by atoms with Crippen molar-refractivity contribution in [3.63, 3.8) is 0 Å². The standard InChI is InChI=1S/C19H20F4N2O4S/c1-12(2)11-17(25-30(27,28)16-9-3-13(20)4-10-16)18(26)24-14-5-7-15(8-6-14)29-19(21,22)23/h3-10,12,17,25H,11H2,1-2H3,(H,24,26). The fraction of sp³-hybridized carbons (Fsp3) is 0.316. The van der Waals surface area contributed by atoms with E-state index in [4.69, 9.17) is 0 Å². The molecular formula is C19H20F4N2O4S. The molecule has 1 amide bonds. The SMILES string of the molecule is CC(C)CC(NS(=O)(=O)c1ccc(F)cc1)C(=O)Nc1ccc(OC(F)(F)F)cc1. The predicted octanol–water partition coefficient (Wildman–Crippen LogP) is 4.06. The second-order valence-corrected chi connectivity index (χ2v) is 8.53. The van der Waals surface area contributed by atoms with Crippen molar-refractivity contribution in [1.82, 2.24) is 4.72 Å². The normalized spacial score (nSPS) is 13.2. The minimum atomic E-state index is -4.84. The molecule has 0 aliphatic rings. The molecule has 2 N–H and O–H groups in total. The lowest BCUT2D eigenvalue weighted by molar-refractivity contribution is -0.274. The number of alkyl halides is 3. The van der Waals surface area contributed by atoms with Gasteiger partial charge in [0.2, 0.25) is 15.9 Å². The van der Waals surface area contributed by atoms with E-state index in [1.54, 1.807) is 13.8 Å². The number of hydrogen-bond donors (Lipinski definition) is 2. The second kappa shape index (κ2) is 9.43. The van der Waals surface area contributed by atoms with E-state index in [1.165, 1.54) is 12.1 Å². The van der Waals surface area contributed by atoms with Crippen LogP contribution in [0, 0.1) is 11.7 Å². The van der Waals surface area contributed by atoms with E-state index in [0.717, 1.165) is 36.4 Å². The summed E-state index contributed by atoms with van der Waals surface area (Å²) in [5.74, 6) is -1.82. The molecule has 0 fully saturated rings. The molecule has 2 aromatic rings. The molecule has 2 aromatic carbocycles. The number of rotatable bonds is 8. The van der Waals surface area contributed by atoms with Gasteiger partial charge in [-0.05, 0) is 60.9 Å². The highest BCUT2D eigenvalue weighted by Gasteiger charge is 2.31. The van der Waals surface area contributed by atoms with Gasteiger partial charge in [-0.1, -0.05) is 13.8 Å². The lowest BCUT2D eigenvalue weighted by Gasteiger charge is -2.20. The van der Waals surface area contributed by atoms with Crippen molar-refractivity contribution in [2.24, 2.45) is 5.92 Å². The van der Waals surface area contributed by atoms with Gasteiger partial charge in [0.05, 0.1) is 4.90 Å². The Kier molecular flexibility index (Phi) is 7.43. The molecule has 1 unspecified atom stereocenters. The third kappa shape index (κ3) is 7.30. The lowest BCUT2D eigenvalue weighted by atomic mass is 10.0. The van der Waals surface area contributed by atoms with Gasteiger partial charge in [-0.2, -0.15) is 4.72 Å². The molecule has 0 radical (unpaired) electrons. The third-order valence-electron chi connectivity index (χ3n) is 3.80. The Morgan fingerprint density at radius 2 is 1.60 bits per heavy atom. The van der Waals surface area contributed by atoms with Crippen molar-refractivity contribution < 1.29 is 35.5 Å². The zero-order chi connectivity index (χ0) is 22.5. The second-order valence-electron chi connectivity index (χ2n) is 6.82. The summed E-state index contributed by atoms with van der Waals surface area (Å²) in [5, 5.41) is 2.46. The number of carbonyl (C=O) groups is 1. The molecular weight excluding hydrogens is 428 g/mol. The van der Waals surface area contributed by atoms with Crippen LogP contribution in [0.4, 0.5) is 23.2 Å². The van der Waals surface area contributed by atoms with Gasteiger partial charge < -0.3 is 10.1 Å². The summed E-state index contributed by atoms with van der Waals surface area (Å²) in [7, 11) is -4.11. The molecule has 0 spiro atoms. The van der Waals surface area contributed by atoms with Gasteiger partial charge in [-0.3, -0.25) is 4.79 Å². The maximum atomic E-state index is 13.0. The van der Waals surface area contributed by atoms with E-state index in [0.29, 0.717) is 0 Å². The van der Waals surface area contributed by atoms with E-state index < -0.39 is 39.9 Å². The predicted molar refractivity (Wildman–Crippen MR) is 102 cm³/mol. The Morgan fingerprint density at radius 3 is 2.10 bits per heavy atom. The highest BCUT2D eigenvalue weighted by atomic mass is 32.2. The quantitative estimate of drug-likeness (QED) is 0.597. The molecule has 11 heteroatoms. The van der Waals surface area contributed by atoms with Crippen LogP contribution < -0.4 is 14.8 Å². The van der Waals surface area contributed by atoms with Gasteiger partial charge in [-0.25, -0.2) is 12.8 Å². The average molecular weight is 448 g/mol. The topological polar surface area (TPSA) is 84.5 Å². The molecule has 0 saturated carbocycles. The maximum Gasteiger partial charge on any atom is 0.573 e. The number of carbonyl (C=O) groups excluding carboxylic acids is 1. The third-order valence-corrected chi connectivity index (χ3v) is 5.29. The molecule has 164 valence electrons. The van der Waals surface area contributed by atoms with Crippen LogP contribution in [0.25, 0.3) is 0 Å². The van der Waals surface area contributed by atoms with Crippen LogP contribution in [0.2, 0.25) is 0 Å². The Balaban J connectivity index is 2.14. The summed E-state index contributed by atoms with van der Waals surface area (Å²) in [4.78, 5) is 12.4. The van der Waals surface area contributed by atoms with Crippen LogP contribution in [-0.4, -0.2) is 26.7 Å². The molecule has 0 bridgehead atoms. The van der Waals surface area contributed by atoms with E-state index in [-0.39, 0.29) is 22.9 Å². The van der Waals surface area contributed by atoms with Gasteiger partial charge >= 0.3 is 6.36 Å². The van der Waals surface area contributed by atoms with Gasteiger partial charge in [0, 0.05) is 5.69 Å². The molecule has 0 aliphatic heterocycles. The summed E-state index contributed by atoms with van der Waals surface area (Å²) in [6.45, 7) is 3.57. The number of ether oxygens (including phenoxy) is 1. The summed E-state index contributed by atoms with van der Waals surface area (Å²) < 4.78 is 80.8. The first-order chi connectivity index (χ1) is 13.9. The first-order valence-electron chi connectivity index (χ1n) is 8.80. The molecule has 2 rings (SSSR count). The van der Waals surface area contributed by atoms with Crippen LogP contribution in [0.1, 0.15) is 20.3 Å². The minimum absolute atomic E-state index is 0.0563. The Morgan fingerprint density at radius 1 is 1.03 bits per heavy atom. The zero-order valence-electron chi connectivity index (χ0n) is 16.0. The van der Waals surface area contributed by atoms with E-state index in [2.05, 4.69) is 14.8 Å². The number of anilines is 1. The van der Waals surface area contributed by atoms with Crippen LogP contribution >= 0.6 is 0 Å². The largest absolute Gasteiger partial charge is 0.573 e. The number of benzene rings is 2. The highest BCUT2D eigenvalue weighted by molar-refractivity contribution is 7.89. The lowest BCUT2D eigenvalue weighted by Crippen LogP contribution is -2.44. The molecule has 0 aliphatic carbocycles. The summed E-state index contributed by atoms with van der Waals surface area (Å²) >= 11 is 0. The van der Waals surface area contributed by atoms with Crippen molar-refractivity contribution >= 4 is 21.6 Å². The average Bonchev–Trinajstić information content (AvgIpc) is 2.61. The fourth-order valence-corrected chi connectivity index (χ4v) is 3.73. The van der Waals surface area contributed by atoms with Gasteiger partial charge in [0.15, 0.2) is 0 Å². The molecule has 1 atom stereocenters. The van der Waals surface area contributed by atoms with Gasteiger partial charge in [-0.15, -0.1) is 13.2 Å². The molecule has 30 heavy (non-hydrogen) atoms. The Labute approximate surface area is 171 Å². The molecule has 0 aromatic heterocycles. The monoisotopic (exact) mass is 448 g/mol. The molecule has 6 nitrogen and oxygen atoms in total. The van der Waals surface area contributed by atoms with Gasteiger partial charge in [0.1, 0.15) is 17.6 Å². The minimum Gasteiger partial charge on any atom is -0.406 e. The Hall–Kier alpha value is -2.66. The van der Waals surface area contributed by atoms with Crippen molar-refractivity contribution in [3.05, 3.63) is 54.3 Å². The molecule has 0 heterocycles. The maximum absolute atomic E-state index is 13.0. The summed E-state index contributed by atoms with van der Waals surface area (Å²) in [5.41, 5.74) is 0.157. The van der Waals surface area contributed by atoms with Crippen molar-refractivity contribution in [2.45, 2.75) is 37.6 Å². The van der Waals surface area contributed by atoms with Crippen molar-refractivity contribution in [3.8, 4) is 5.75 Å². The van der Waals surface area contributed by atoms with Crippen LogP contribution in [0.3, 0.4) is 0 Å². The smallest absolute Gasteiger partial charge is 0.406 e. The Bertz CT molecular complexity index is 960. The van der Waals surface area contributed by atoms with Crippen LogP contribution in [0.15, 0.2) is 53.4 Å². The number of hydrogen-bond acceptors (Lipinski definition) is 4. The number of halogens is 4. The molecule has 0 saturated heterocycles. The zero-order valence-corrected chi connectivity index (χ0v) is 16.9. The van der Waals surface area contributed by atoms with Crippen LogP contribution in [-0.2, 0) is 14.8 Å².